The number of amidine groups is 1. The number of carbonyl (C=O) groups is 2. The number of nitrogens with zero attached hydrogens (tertiary/aromatic N) is 2. The van der Waals surface area contributed by atoms with Gasteiger partial charge in [-0.15, -0.1) is 0 Å². The third-order valence-electron chi connectivity index (χ3n) is 4.16. The summed E-state index contributed by atoms with van der Waals surface area (Å²) in [5.74, 6) is 3.39. The summed E-state index contributed by atoms with van der Waals surface area (Å²) in [5.41, 5.74) is 2.69. The maximum atomic E-state index is 14.2. The van der Waals surface area contributed by atoms with Crippen LogP contribution in [0.1, 0.15) is 30.0 Å². The molecule has 0 bridgehead atoms. The molecule has 9 heteroatoms. The van der Waals surface area contributed by atoms with Gasteiger partial charge in [0.25, 0.3) is 0 Å². The highest BCUT2D eigenvalue weighted by Crippen LogP contribution is 2.20. The van der Waals surface area contributed by atoms with Gasteiger partial charge >= 0.3 is 11.9 Å². The quantitative estimate of drug-likeness (QED) is 0.486. The van der Waals surface area contributed by atoms with E-state index in [0.29, 0.717) is 24.3 Å². The molecule has 1 aliphatic heterocycles. The molecule has 2 aromatic carbocycles. The zero-order valence-corrected chi connectivity index (χ0v) is 16.5. The van der Waals surface area contributed by atoms with E-state index in [0.717, 1.165) is 36.5 Å². The Hall–Kier alpha value is -3.46. The van der Waals surface area contributed by atoms with Crippen molar-refractivity contribution in [2.75, 3.05) is 19.7 Å². The molecular formula is C21H24FN3O5. The van der Waals surface area contributed by atoms with Crippen LogP contribution in [-0.2, 0) is 16.0 Å². The molecular weight excluding hydrogens is 393 g/mol. The van der Waals surface area contributed by atoms with Crippen molar-refractivity contribution < 1.29 is 28.9 Å². The molecule has 0 atom stereocenters. The first-order valence-corrected chi connectivity index (χ1v) is 9.35. The van der Waals surface area contributed by atoms with E-state index in [1.165, 1.54) is 6.07 Å². The minimum atomic E-state index is -1.82. The molecule has 0 saturated heterocycles. The Bertz CT molecular complexity index is 903. The summed E-state index contributed by atoms with van der Waals surface area (Å²) in [6.07, 6.45) is 1.44. The molecule has 4 N–H and O–H groups in total. The van der Waals surface area contributed by atoms with E-state index >= 15 is 0 Å². The SMILES string of the molecule is CCCOc1ccc(Cc2ccc(C3=NCCN3N)cc2)c(F)c1.O=C(O)C(=O)O. The van der Waals surface area contributed by atoms with Crippen molar-refractivity contribution in [3.8, 4) is 5.75 Å². The van der Waals surface area contributed by atoms with Gasteiger partial charge in [-0.25, -0.2) is 19.8 Å². The first kappa shape index (κ1) is 22.8. The van der Waals surface area contributed by atoms with E-state index < -0.39 is 11.9 Å². The molecule has 0 fully saturated rings. The van der Waals surface area contributed by atoms with Gasteiger partial charge in [-0.1, -0.05) is 37.3 Å². The Labute approximate surface area is 173 Å². The molecule has 2 aromatic rings. The maximum Gasteiger partial charge on any atom is 0.414 e. The Balaban J connectivity index is 0.000000469. The van der Waals surface area contributed by atoms with Gasteiger partial charge in [0.1, 0.15) is 17.4 Å². The molecule has 0 aliphatic carbocycles. The summed E-state index contributed by atoms with van der Waals surface area (Å²) in [6.45, 7) is 4.09. The summed E-state index contributed by atoms with van der Waals surface area (Å²) >= 11 is 0. The highest BCUT2D eigenvalue weighted by atomic mass is 19.1. The highest BCUT2D eigenvalue weighted by molar-refractivity contribution is 6.27. The normalized spacial score (nSPS) is 12.6. The predicted molar refractivity (Wildman–Crippen MR) is 109 cm³/mol. The van der Waals surface area contributed by atoms with Crippen molar-refractivity contribution in [3.63, 3.8) is 0 Å². The van der Waals surface area contributed by atoms with E-state index in [2.05, 4.69) is 4.99 Å². The fourth-order valence-corrected chi connectivity index (χ4v) is 2.69. The Kier molecular flexibility index (Phi) is 8.30. The van der Waals surface area contributed by atoms with Crippen molar-refractivity contribution in [2.24, 2.45) is 10.8 Å². The molecule has 0 spiro atoms. The standard InChI is InChI=1S/C19H22FN3O.C2H2O4/c1-2-11-24-17-8-7-16(18(20)13-17)12-14-3-5-15(6-4-14)19-22-9-10-23(19)21;3-1(4)2(5)6/h3-8,13H,2,9-12,21H2,1H3;(H,3,4)(H,5,6). The molecule has 160 valence electrons. The van der Waals surface area contributed by atoms with Crippen LogP contribution >= 0.6 is 0 Å². The zero-order valence-electron chi connectivity index (χ0n) is 16.5. The van der Waals surface area contributed by atoms with Gasteiger partial charge in [0, 0.05) is 18.1 Å². The van der Waals surface area contributed by atoms with Crippen molar-refractivity contribution in [1.82, 2.24) is 5.01 Å². The van der Waals surface area contributed by atoms with Gasteiger partial charge in [0.15, 0.2) is 0 Å². The zero-order chi connectivity index (χ0) is 22.1. The van der Waals surface area contributed by atoms with Crippen LogP contribution in [0.4, 0.5) is 4.39 Å². The van der Waals surface area contributed by atoms with E-state index in [1.54, 1.807) is 11.1 Å². The largest absolute Gasteiger partial charge is 0.494 e. The fourth-order valence-electron chi connectivity index (χ4n) is 2.69. The second-order valence-corrected chi connectivity index (χ2v) is 6.48. The number of carboxylic acid groups (broad SMARTS) is 2. The number of rotatable bonds is 6. The summed E-state index contributed by atoms with van der Waals surface area (Å²) < 4.78 is 19.7. The number of nitrogens with two attached hydrogens (primary N) is 1. The van der Waals surface area contributed by atoms with Crippen LogP contribution in [0.25, 0.3) is 0 Å². The van der Waals surface area contributed by atoms with Crippen molar-refractivity contribution >= 4 is 17.8 Å². The lowest BCUT2D eigenvalue weighted by Gasteiger charge is -2.13. The molecule has 8 nitrogen and oxygen atoms in total. The number of halogens is 1. The minimum absolute atomic E-state index is 0.235. The number of hydrazine groups is 1. The summed E-state index contributed by atoms with van der Waals surface area (Å²) in [6, 6.07) is 13.0. The molecule has 3 rings (SSSR count). The van der Waals surface area contributed by atoms with Gasteiger partial charge in [-0.3, -0.25) is 10.0 Å². The minimum Gasteiger partial charge on any atom is -0.494 e. The van der Waals surface area contributed by atoms with Gasteiger partial charge in [0.2, 0.25) is 0 Å². The molecule has 0 amide bonds. The van der Waals surface area contributed by atoms with Gasteiger partial charge in [0.05, 0.1) is 19.7 Å². The second-order valence-electron chi connectivity index (χ2n) is 6.48. The molecule has 0 unspecified atom stereocenters. The van der Waals surface area contributed by atoms with Gasteiger partial charge < -0.3 is 14.9 Å². The average molecular weight is 417 g/mol. The lowest BCUT2D eigenvalue weighted by atomic mass is 10.0. The molecule has 0 aromatic heterocycles. The molecule has 0 saturated carbocycles. The fraction of sp³-hybridized carbons (Fsp3) is 0.286. The Morgan fingerprint density at radius 1 is 1.17 bits per heavy atom. The summed E-state index contributed by atoms with van der Waals surface area (Å²) in [4.78, 5) is 22.6. The number of carboxylic acids is 2. The van der Waals surface area contributed by atoms with E-state index in [4.69, 9.17) is 30.4 Å². The summed E-state index contributed by atoms with van der Waals surface area (Å²) in [5, 5.41) is 16.4. The number of aliphatic carboxylic acids is 2. The van der Waals surface area contributed by atoms with Crippen LogP contribution in [0.5, 0.6) is 5.75 Å². The van der Waals surface area contributed by atoms with Gasteiger partial charge in [-0.05, 0) is 23.6 Å². The van der Waals surface area contributed by atoms with Crippen LogP contribution in [0.2, 0.25) is 0 Å². The van der Waals surface area contributed by atoms with Crippen molar-refractivity contribution in [2.45, 2.75) is 19.8 Å². The maximum absolute atomic E-state index is 14.2. The lowest BCUT2D eigenvalue weighted by molar-refractivity contribution is -0.159. The van der Waals surface area contributed by atoms with Crippen LogP contribution in [-0.4, -0.2) is 52.7 Å². The molecule has 1 heterocycles. The molecule has 30 heavy (non-hydrogen) atoms. The van der Waals surface area contributed by atoms with Crippen LogP contribution < -0.4 is 10.6 Å². The van der Waals surface area contributed by atoms with Crippen molar-refractivity contribution in [1.29, 1.82) is 0 Å². The van der Waals surface area contributed by atoms with Crippen LogP contribution in [0.3, 0.4) is 0 Å². The number of hydrogen-bond acceptors (Lipinski definition) is 6. The molecule has 1 aliphatic rings. The summed E-state index contributed by atoms with van der Waals surface area (Å²) in [7, 11) is 0. The smallest absolute Gasteiger partial charge is 0.414 e. The number of hydrogen-bond donors (Lipinski definition) is 3. The monoisotopic (exact) mass is 417 g/mol. The third-order valence-corrected chi connectivity index (χ3v) is 4.16. The average Bonchev–Trinajstić information content (AvgIpc) is 3.15. The first-order valence-electron chi connectivity index (χ1n) is 9.35. The lowest BCUT2D eigenvalue weighted by Crippen LogP contribution is -2.34. The van der Waals surface area contributed by atoms with Crippen LogP contribution in [0, 0.1) is 5.82 Å². The first-order chi connectivity index (χ1) is 14.3. The Morgan fingerprint density at radius 2 is 1.83 bits per heavy atom. The van der Waals surface area contributed by atoms with E-state index in [-0.39, 0.29) is 5.82 Å². The predicted octanol–water partition coefficient (Wildman–Crippen LogP) is 2.30. The molecule has 0 radical (unpaired) electrons. The Morgan fingerprint density at radius 3 is 2.33 bits per heavy atom. The van der Waals surface area contributed by atoms with E-state index in [9.17, 15) is 4.39 Å². The third kappa shape index (κ3) is 6.56. The number of ether oxygens (including phenoxy) is 1. The topological polar surface area (TPSA) is 125 Å². The van der Waals surface area contributed by atoms with Crippen molar-refractivity contribution in [3.05, 3.63) is 65.0 Å². The number of benzene rings is 2. The van der Waals surface area contributed by atoms with Gasteiger partial charge in [-0.2, -0.15) is 0 Å². The van der Waals surface area contributed by atoms with E-state index in [1.807, 2.05) is 37.3 Å². The van der Waals surface area contributed by atoms with Crippen LogP contribution in [0.15, 0.2) is 47.5 Å². The second kappa shape index (κ2) is 10.9. The highest BCUT2D eigenvalue weighted by Gasteiger charge is 2.15. The number of aliphatic imine (C=N–C) groups is 1.